The van der Waals surface area contributed by atoms with Crippen LogP contribution >= 0.6 is 63.7 Å². The highest BCUT2D eigenvalue weighted by molar-refractivity contribution is 9.11. The summed E-state index contributed by atoms with van der Waals surface area (Å²) in [6, 6.07) is 29.6. The maximum absolute atomic E-state index is 9.28. The number of ether oxygens (including phenoxy) is 9. The van der Waals surface area contributed by atoms with Crippen LogP contribution in [-0.4, -0.2) is 94.6 Å². The Kier molecular flexibility index (Phi) is 24.6. The topological polar surface area (TPSA) is 162 Å². The Labute approximate surface area is 495 Å². The standard InChI is InChI=1S/2C20H20BrNO3.C11H17BO5.C9H5Br2N/c1-4-25-12-13-9-18(23-2)20(19(10-13)24-3)15-5-6-17(21)14-7-8-22-11-16(14)15;1-4-25-12-13-9-18(23-2)20(19(10-13)24-3)15-5-6-17(21)16-11-22-8-7-14(15)16;1-4-17-7-8-5-9(15-2)11(12(13)14)10(6-8)16-3;10-8-1-2-9(11)7-5-12-4-3-6(7)8/h2*5-11H,4,12H2,1-3H3;5-6,13-14H,4,7H2,1-3H3;1-5H. The number of rotatable bonds is 18. The van der Waals surface area contributed by atoms with Crippen molar-refractivity contribution in [1.29, 1.82) is 0 Å². The van der Waals surface area contributed by atoms with E-state index in [2.05, 4.69) is 90.8 Å². The van der Waals surface area contributed by atoms with E-state index < -0.39 is 7.12 Å². The summed E-state index contributed by atoms with van der Waals surface area (Å²) >= 11 is 14.2. The lowest BCUT2D eigenvalue weighted by molar-refractivity contribution is 0.133. The third-order valence-corrected chi connectivity index (χ3v) is 15.0. The van der Waals surface area contributed by atoms with Crippen LogP contribution in [0.4, 0.5) is 0 Å². The van der Waals surface area contributed by atoms with Crippen molar-refractivity contribution < 1.29 is 52.7 Å². The van der Waals surface area contributed by atoms with E-state index in [0.717, 1.165) is 107 Å². The fourth-order valence-electron chi connectivity index (χ4n) is 8.48. The molecule has 0 unspecified atom stereocenters. The van der Waals surface area contributed by atoms with Gasteiger partial charge < -0.3 is 52.7 Å². The molecule has 3 aromatic heterocycles. The van der Waals surface area contributed by atoms with Crippen molar-refractivity contribution in [3.63, 3.8) is 0 Å². The highest BCUT2D eigenvalue weighted by Crippen LogP contribution is 2.45. The van der Waals surface area contributed by atoms with E-state index >= 15 is 0 Å². The maximum Gasteiger partial charge on any atom is 0.496 e. The zero-order valence-electron chi connectivity index (χ0n) is 45.4. The van der Waals surface area contributed by atoms with Gasteiger partial charge in [-0.1, -0.05) is 75.9 Å². The van der Waals surface area contributed by atoms with Gasteiger partial charge in [-0.2, -0.15) is 0 Å². The molecule has 9 rings (SSSR count). The minimum absolute atomic E-state index is 0.218. The third kappa shape index (κ3) is 15.7. The second-order valence-electron chi connectivity index (χ2n) is 16.9. The fraction of sp³-hybridized carbons (Fsp3) is 0.250. The van der Waals surface area contributed by atoms with Crippen molar-refractivity contribution in [3.05, 3.63) is 163 Å². The third-order valence-electron chi connectivity index (χ3n) is 12.2. The molecular weight excluding hydrogens is 1270 g/mol. The van der Waals surface area contributed by atoms with Crippen LogP contribution in [0.1, 0.15) is 37.5 Å². The van der Waals surface area contributed by atoms with Crippen LogP contribution in [0.3, 0.4) is 0 Å². The second kappa shape index (κ2) is 31.2. The predicted molar refractivity (Wildman–Crippen MR) is 328 cm³/mol. The average molecular weight is 1330 g/mol. The lowest BCUT2D eigenvalue weighted by Crippen LogP contribution is -2.32. The molecule has 9 aromatic rings. The van der Waals surface area contributed by atoms with Gasteiger partial charge in [-0.15, -0.1) is 0 Å². The molecule has 0 fully saturated rings. The quantitative estimate of drug-likeness (QED) is 0.0781. The smallest absolute Gasteiger partial charge is 0.496 e. The van der Waals surface area contributed by atoms with Crippen molar-refractivity contribution in [2.45, 2.75) is 40.6 Å². The van der Waals surface area contributed by atoms with Crippen molar-refractivity contribution in [2.75, 3.05) is 62.5 Å². The molecule has 79 heavy (non-hydrogen) atoms. The molecular formula is C60H62BBr4N3O11. The van der Waals surface area contributed by atoms with Crippen molar-refractivity contribution in [2.24, 2.45) is 0 Å². The number of hydrogen-bond donors (Lipinski definition) is 2. The average Bonchev–Trinajstić information content (AvgIpc) is 3.51. The molecule has 3 heterocycles. The Bertz CT molecular complexity index is 3200. The molecule has 14 nitrogen and oxygen atoms in total. The van der Waals surface area contributed by atoms with Gasteiger partial charge in [0.15, 0.2) is 0 Å². The molecule has 2 N–H and O–H groups in total. The number of nitrogens with zero attached hydrogens (tertiary/aromatic N) is 3. The molecule has 0 amide bonds. The molecule has 0 aliphatic heterocycles. The van der Waals surface area contributed by atoms with Gasteiger partial charge in [0, 0.05) is 96.4 Å². The molecule has 19 heteroatoms. The van der Waals surface area contributed by atoms with Crippen LogP contribution in [0, 0.1) is 0 Å². The zero-order chi connectivity index (χ0) is 57.0. The lowest BCUT2D eigenvalue weighted by Gasteiger charge is -2.17. The van der Waals surface area contributed by atoms with Crippen LogP contribution in [-0.2, 0) is 34.0 Å². The first-order chi connectivity index (χ1) is 38.3. The van der Waals surface area contributed by atoms with Gasteiger partial charge in [-0.25, -0.2) is 0 Å². The van der Waals surface area contributed by atoms with E-state index in [4.69, 9.17) is 42.6 Å². The summed E-state index contributed by atoms with van der Waals surface area (Å²) in [6.07, 6.45) is 10.9. The van der Waals surface area contributed by atoms with Crippen LogP contribution in [0.15, 0.2) is 146 Å². The van der Waals surface area contributed by atoms with Gasteiger partial charge >= 0.3 is 7.12 Å². The molecule has 414 valence electrons. The van der Waals surface area contributed by atoms with Crippen LogP contribution in [0.5, 0.6) is 34.5 Å². The molecule has 0 aliphatic rings. The number of fused-ring (bicyclic) bond motifs is 3. The largest absolute Gasteiger partial charge is 0.497 e. The summed E-state index contributed by atoms with van der Waals surface area (Å²) in [7, 11) is 7.97. The highest BCUT2D eigenvalue weighted by Gasteiger charge is 2.24. The number of benzene rings is 6. The van der Waals surface area contributed by atoms with Gasteiger partial charge in [0.2, 0.25) is 0 Å². The van der Waals surface area contributed by atoms with Crippen LogP contribution in [0.2, 0.25) is 0 Å². The van der Waals surface area contributed by atoms with Gasteiger partial charge in [-0.3, -0.25) is 15.0 Å². The Morgan fingerprint density at radius 1 is 0.380 bits per heavy atom. The number of aromatic nitrogens is 3. The molecule has 0 spiro atoms. The summed E-state index contributed by atoms with van der Waals surface area (Å²) in [4.78, 5) is 12.6. The Balaban J connectivity index is 0.000000176. The van der Waals surface area contributed by atoms with E-state index in [-0.39, 0.29) is 5.46 Å². The van der Waals surface area contributed by atoms with Crippen LogP contribution in [0.25, 0.3) is 54.6 Å². The normalized spacial score (nSPS) is 10.7. The molecule has 6 aromatic carbocycles. The predicted octanol–water partition coefficient (Wildman–Crippen LogP) is 14.1. The van der Waals surface area contributed by atoms with E-state index in [1.807, 2.05) is 106 Å². The van der Waals surface area contributed by atoms with E-state index in [1.54, 1.807) is 59.2 Å². The summed E-state index contributed by atoms with van der Waals surface area (Å²) in [6.45, 7) is 9.25. The molecule has 0 saturated heterocycles. The first-order valence-corrected chi connectivity index (χ1v) is 28.0. The van der Waals surface area contributed by atoms with Crippen molar-refractivity contribution in [1.82, 2.24) is 15.0 Å². The van der Waals surface area contributed by atoms with E-state index in [9.17, 15) is 10.0 Å². The Morgan fingerprint density at radius 2 is 0.671 bits per heavy atom. The Morgan fingerprint density at radius 3 is 1.01 bits per heavy atom. The maximum atomic E-state index is 9.28. The first kappa shape index (κ1) is 62.3. The SMILES string of the molecule is Brc1ccc(Br)c2cnccc12.CCOCc1cc(OC)c(-c2ccc(Br)c3ccncc23)c(OC)c1.CCOCc1cc(OC)c(-c2ccc(Br)c3cnccc23)c(OC)c1.CCOCc1cc(OC)c(B(O)O)c(OC)c1. The molecule has 0 bridgehead atoms. The van der Waals surface area contributed by atoms with E-state index in [0.29, 0.717) is 51.1 Å². The number of hydrogen-bond acceptors (Lipinski definition) is 14. The second-order valence-corrected chi connectivity index (χ2v) is 20.3. The first-order valence-electron chi connectivity index (χ1n) is 24.9. The van der Waals surface area contributed by atoms with Crippen molar-refractivity contribution in [3.8, 4) is 56.8 Å². The molecule has 0 atom stereocenters. The minimum Gasteiger partial charge on any atom is -0.497 e. The number of pyridine rings is 3. The van der Waals surface area contributed by atoms with Crippen LogP contribution < -0.4 is 33.9 Å². The fourth-order valence-corrected chi connectivity index (χ4v) is 10.3. The minimum atomic E-state index is -1.64. The van der Waals surface area contributed by atoms with Gasteiger partial charge in [0.25, 0.3) is 0 Å². The van der Waals surface area contributed by atoms with Gasteiger partial charge in [-0.05, 0) is 138 Å². The lowest BCUT2D eigenvalue weighted by atomic mass is 9.78. The highest BCUT2D eigenvalue weighted by atomic mass is 79.9. The molecule has 0 radical (unpaired) electrons. The number of halogens is 4. The zero-order valence-corrected chi connectivity index (χ0v) is 51.7. The summed E-state index contributed by atoms with van der Waals surface area (Å²) in [5, 5.41) is 25.1. The van der Waals surface area contributed by atoms with E-state index in [1.165, 1.54) is 19.6 Å². The summed E-state index contributed by atoms with van der Waals surface area (Å²) < 4.78 is 53.5. The monoisotopic (exact) mass is 1330 g/mol. The molecule has 0 saturated carbocycles. The summed E-state index contributed by atoms with van der Waals surface area (Å²) in [5.41, 5.74) is 6.99. The molecule has 0 aliphatic carbocycles. The Hall–Kier alpha value is -5.87. The van der Waals surface area contributed by atoms with Gasteiger partial charge in [0.1, 0.15) is 34.5 Å². The van der Waals surface area contributed by atoms with Crippen molar-refractivity contribution >= 4 is 109 Å². The number of methoxy groups -OCH3 is 6. The van der Waals surface area contributed by atoms with Gasteiger partial charge in [0.05, 0.1) is 79.1 Å². The summed E-state index contributed by atoms with van der Waals surface area (Å²) in [5.74, 6) is 3.76.